The minimum atomic E-state index is -0.499. The standard InChI is InChI=1S/C24H17ClN2O3/c1-30-24(29)18-11-12-19-21(14-18)26-22(27-23(19)28)20(25)13-15-7-9-17(10-8-15)16-5-3-2-4-6-16/h2-14H,1H3,(H,26,27,28)/b20-13-. The van der Waals surface area contributed by atoms with Gasteiger partial charge in [-0.3, -0.25) is 4.79 Å². The van der Waals surface area contributed by atoms with Crippen LogP contribution in [0.1, 0.15) is 21.7 Å². The van der Waals surface area contributed by atoms with Gasteiger partial charge in [0.15, 0.2) is 5.82 Å². The Morgan fingerprint density at radius 3 is 2.40 bits per heavy atom. The monoisotopic (exact) mass is 416 g/mol. The predicted octanol–water partition coefficient (Wildman–Crippen LogP) is 5.11. The lowest BCUT2D eigenvalue weighted by molar-refractivity contribution is 0.0601. The van der Waals surface area contributed by atoms with Gasteiger partial charge in [-0.1, -0.05) is 66.2 Å². The Hall–Kier alpha value is -3.70. The predicted molar refractivity (Wildman–Crippen MR) is 119 cm³/mol. The zero-order valence-corrected chi connectivity index (χ0v) is 16.8. The van der Waals surface area contributed by atoms with Crippen molar-refractivity contribution in [1.29, 1.82) is 0 Å². The van der Waals surface area contributed by atoms with Crippen LogP contribution in [0.2, 0.25) is 0 Å². The Morgan fingerprint density at radius 2 is 1.70 bits per heavy atom. The maximum atomic E-state index is 12.4. The smallest absolute Gasteiger partial charge is 0.337 e. The first-order valence-corrected chi connectivity index (χ1v) is 9.58. The van der Waals surface area contributed by atoms with Crippen LogP contribution >= 0.6 is 11.6 Å². The summed E-state index contributed by atoms with van der Waals surface area (Å²) in [6.07, 6.45) is 1.73. The number of nitrogens with one attached hydrogen (secondary N) is 1. The zero-order chi connectivity index (χ0) is 21.1. The first kappa shape index (κ1) is 19.6. The van der Waals surface area contributed by atoms with Gasteiger partial charge in [-0.25, -0.2) is 9.78 Å². The van der Waals surface area contributed by atoms with E-state index in [0.29, 0.717) is 16.5 Å². The second-order valence-electron chi connectivity index (χ2n) is 6.62. The lowest BCUT2D eigenvalue weighted by atomic mass is 10.0. The molecule has 5 nitrogen and oxygen atoms in total. The molecule has 1 N–H and O–H groups in total. The second kappa shape index (κ2) is 8.35. The molecule has 0 fully saturated rings. The third-order valence-corrected chi connectivity index (χ3v) is 4.95. The van der Waals surface area contributed by atoms with E-state index in [1.54, 1.807) is 6.08 Å². The van der Waals surface area contributed by atoms with Gasteiger partial charge in [-0.2, -0.15) is 0 Å². The fourth-order valence-electron chi connectivity index (χ4n) is 3.11. The van der Waals surface area contributed by atoms with Gasteiger partial charge in [0.25, 0.3) is 5.56 Å². The number of esters is 1. The summed E-state index contributed by atoms with van der Waals surface area (Å²) >= 11 is 6.44. The summed E-state index contributed by atoms with van der Waals surface area (Å²) in [6, 6.07) is 22.5. The van der Waals surface area contributed by atoms with Crippen LogP contribution in [-0.4, -0.2) is 23.0 Å². The number of hydrogen-bond acceptors (Lipinski definition) is 4. The number of nitrogens with zero attached hydrogens (tertiary/aromatic N) is 1. The van der Waals surface area contributed by atoms with Crippen molar-refractivity contribution in [3.8, 4) is 11.1 Å². The number of aromatic amines is 1. The van der Waals surface area contributed by atoms with E-state index in [1.165, 1.54) is 25.3 Å². The topological polar surface area (TPSA) is 72.1 Å². The van der Waals surface area contributed by atoms with Crippen molar-refractivity contribution in [1.82, 2.24) is 9.97 Å². The van der Waals surface area contributed by atoms with Gasteiger partial charge in [-0.15, -0.1) is 0 Å². The summed E-state index contributed by atoms with van der Waals surface area (Å²) in [7, 11) is 1.30. The van der Waals surface area contributed by atoms with E-state index in [-0.39, 0.29) is 16.4 Å². The van der Waals surface area contributed by atoms with Crippen molar-refractivity contribution in [3.05, 3.63) is 100 Å². The number of hydrogen-bond donors (Lipinski definition) is 1. The van der Waals surface area contributed by atoms with Crippen molar-refractivity contribution in [2.45, 2.75) is 0 Å². The maximum Gasteiger partial charge on any atom is 0.337 e. The highest BCUT2D eigenvalue weighted by molar-refractivity contribution is 6.50. The quantitative estimate of drug-likeness (QED) is 0.469. The minimum Gasteiger partial charge on any atom is -0.465 e. The van der Waals surface area contributed by atoms with E-state index in [4.69, 9.17) is 16.3 Å². The lowest BCUT2D eigenvalue weighted by Crippen LogP contribution is -2.11. The van der Waals surface area contributed by atoms with E-state index in [9.17, 15) is 9.59 Å². The fourth-order valence-corrected chi connectivity index (χ4v) is 3.33. The second-order valence-corrected chi connectivity index (χ2v) is 7.03. The molecule has 0 aliphatic heterocycles. The highest BCUT2D eigenvalue weighted by Crippen LogP contribution is 2.23. The number of rotatable bonds is 4. The van der Waals surface area contributed by atoms with Gasteiger partial charge < -0.3 is 9.72 Å². The SMILES string of the molecule is COC(=O)c1ccc2c(=O)[nH]c(/C(Cl)=C/c3ccc(-c4ccccc4)cc3)nc2c1. The Bertz CT molecular complexity index is 1310. The molecular weight excluding hydrogens is 400 g/mol. The van der Waals surface area contributed by atoms with Gasteiger partial charge >= 0.3 is 5.97 Å². The van der Waals surface area contributed by atoms with E-state index in [2.05, 4.69) is 9.97 Å². The summed E-state index contributed by atoms with van der Waals surface area (Å²) in [5, 5.41) is 0.646. The number of carbonyl (C=O) groups excluding carboxylic acids is 1. The van der Waals surface area contributed by atoms with E-state index >= 15 is 0 Å². The van der Waals surface area contributed by atoms with Crippen LogP contribution in [0.25, 0.3) is 33.1 Å². The van der Waals surface area contributed by atoms with Crippen LogP contribution in [0.15, 0.2) is 77.6 Å². The molecule has 30 heavy (non-hydrogen) atoms. The van der Waals surface area contributed by atoms with Gasteiger partial charge in [0.1, 0.15) is 0 Å². The maximum absolute atomic E-state index is 12.4. The molecule has 0 aliphatic rings. The van der Waals surface area contributed by atoms with Crippen molar-refractivity contribution in [2.75, 3.05) is 7.11 Å². The third kappa shape index (κ3) is 4.02. The van der Waals surface area contributed by atoms with Crippen molar-refractivity contribution >= 4 is 39.6 Å². The van der Waals surface area contributed by atoms with Crippen molar-refractivity contribution in [2.24, 2.45) is 0 Å². The third-order valence-electron chi connectivity index (χ3n) is 4.67. The largest absolute Gasteiger partial charge is 0.465 e. The van der Waals surface area contributed by atoms with Crippen LogP contribution in [0.4, 0.5) is 0 Å². The number of aromatic nitrogens is 2. The fraction of sp³-hybridized carbons (Fsp3) is 0.0417. The molecule has 0 radical (unpaired) electrons. The molecule has 6 heteroatoms. The Morgan fingerprint density at radius 1 is 1.00 bits per heavy atom. The summed E-state index contributed by atoms with van der Waals surface area (Å²) in [5.74, 6) is -0.274. The molecule has 0 saturated carbocycles. The number of methoxy groups -OCH3 is 1. The molecule has 3 aromatic carbocycles. The summed E-state index contributed by atoms with van der Waals surface area (Å²) < 4.78 is 4.72. The van der Waals surface area contributed by atoms with Gasteiger partial charge in [0.2, 0.25) is 0 Å². The summed E-state index contributed by atoms with van der Waals surface area (Å²) in [4.78, 5) is 31.3. The zero-order valence-electron chi connectivity index (χ0n) is 16.1. The lowest BCUT2D eigenvalue weighted by Gasteiger charge is -2.05. The summed E-state index contributed by atoms with van der Waals surface area (Å²) in [5.41, 5.74) is 3.42. The van der Waals surface area contributed by atoms with Crippen LogP contribution in [-0.2, 0) is 4.74 Å². The molecule has 4 aromatic rings. The van der Waals surface area contributed by atoms with E-state index in [1.807, 2.05) is 54.6 Å². The number of fused-ring (bicyclic) bond motifs is 1. The molecule has 4 rings (SSSR count). The number of H-pyrrole nitrogens is 1. The van der Waals surface area contributed by atoms with Crippen LogP contribution < -0.4 is 5.56 Å². The molecule has 148 valence electrons. The molecule has 0 aliphatic carbocycles. The molecule has 0 unspecified atom stereocenters. The molecule has 0 atom stereocenters. The van der Waals surface area contributed by atoms with Gasteiger partial charge in [-0.05, 0) is 41.0 Å². The molecule has 0 saturated heterocycles. The molecule has 1 heterocycles. The highest BCUT2D eigenvalue weighted by atomic mass is 35.5. The Kier molecular flexibility index (Phi) is 5.46. The minimum absolute atomic E-state index is 0.225. The van der Waals surface area contributed by atoms with E-state index < -0.39 is 5.97 Å². The highest BCUT2D eigenvalue weighted by Gasteiger charge is 2.11. The first-order valence-electron chi connectivity index (χ1n) is 9.20. The normalized spacial score (nSPS) is 11.5. The van der Waals surface area contributed by atoms with Crippen molar-refractivity contribution < 1.29 is 9.53 Å². The Balaban J connectivity index is 1.68. The van der Waals surface area contributed by atoms with Crippen LogP contribution in [0, 0.1) is 0 Å². The number of benzene rings is 3. The first-order chi connectivity index (χ1) is 14.5. The molecule has 0 spiro atoms. The Labute approximate surface area is 177 Å². The van der Waals surface area contributed by atoms with Gasteiger partial charge in [0.05, 0.1) is 28.6 Å². The number of carbonyl (C=O) groups is 1. The van der Waals surface area contributed by atoms with E-state index in [0.717, 1.165) is 16.7 Å². The average Bonchev–Trinajstić information content (AvgIpc) is 2.79. The number of ether oxygens (including phenoxy) is 1. The molecule has 0 amide bonds. The van der Waals surface area contributed by atoms with Crippen LogP contribution in [0.5, 0.6) is 0 Å². The van der Waals surface area contributed by atoms with Gasteiger partial charge in [0, 0.05) is 0 Å². The average molecular weight is 417 g/mol. The van der Waals surface area contributed by atoms with Crippen LogP contribution in [0.3, 0.4) is 0 Å². The summed E-state index contributed by atoms with van der Waals surface area (Å²) in [6.45, 7) is 0. The molecule has 1 aromatic heterocycles. The number of halogens is 1. The van der Waals surface area contributed by atoms with Crippen molar-refractivity contribution in [3.63, 3.8) is 0 Å². The molecule has 0 bridgehead atoms. The molecular formula is C24H17ClN2O3.